The smallest absolute Gasteiger partial charge is 0.314 e. The number of rotatable bonds is 4. The van der Waals surface area contributed by atoms with E-state index in [4.69, 9.17) is 5.11 Å². The van der Waals surface area contributed by atoms with Gasteiger partial charge < -0.3 is 5.11 Å². The first-order valence-electron chi connectivity index (χ1n) is 2.76. The van der Waals surface area contributed by atoms with Gasteiger partial charge in [0, 0.05) is 0 Å². The van der Waals surface area contributed by atoms with Crippen molar-refractivity contribution in [2.24, 2.45) is 5.92 Å². The Kier molecular flexibility index (Phi) is 3.79. The standard InChI is InChI=1S/C6H8O3S/c1-4(7)5(2-3-10)6(8)9/h3,5H,2H2,1H3,(H,8,9). The van der Waals surface area contributed by atoms with Crippen molar-refractivity contribution in [2.45, 2.75) is 13.3 Å². The van der Waals surface area contributed by atoms with Crippen LogP contribution in [0.25, 0.3) is 0 Å². The minimum Gasteiger partial charge on any atom is -0.481 e. The number of hydrogen-bond donors (Lipinski definition) is 1. The molecule has 0 fully saturated rings. The summed E-state index contributed by atoms with van der Waals surface area (Å²) in [5.74, 6) is -2.40. The number of carbonyl (C=O) groups excluding carboxylic acids is 1. The third-order valence-electron chi connectivity index (χ3n) is 1.12. The molecule has 0 aromatic carbocycles. The van der Waals surface area contributed by atoms with E-state index in [-0.39, 0.29) is 12.2 Å². The Hall–Kier alpha value is -0.770. The molecule has 10 heavy (non-hydrogen) atoms. The van der Waals surface area contributed by atoms with Crippen LogP contribution in [0, 0.1) is 5.92 Å². The van der Waals surface area contributed by atoms with Gasteiger partial charge in [0.05, 0.1) is 0 Å². The molecule has 0 aliphatic carbocycles. The fourth-order valence-corrected chi connectivity index (χ4v) is 0.729. The van der Waals surface area contributed by atoms with Gasteiger partial charge in [0.1, 0.15) is 11.7 Å². The summed E-state index contributed by atoms with van der Waals surface area (Å²) in [4.78, 5) is 20.8. The van der Waals surface area contributed by atoms with Crippen LogP contribution in [0.2, 0.25) is 0 Å². The van der Waals surface area contributed by atoms with E-state index in [1.54, 1.807) is 0 Å². The average molecular weight is 160 g/mol. The lowest BCUT2D eigenvalue weighted by molar-refractivity contribution is -0.145. The fraction of sp³-hybridized carbons (Fsp3) is 0.500. The van der Waals surface area contributed by atoms with Crippen molar-refractivity contribution in [1.29, 1.82) is 0 Å². The maximum Gasteiger partial charge on any atom is 0.314 e. The van der Waals surface area contributed by atoms with Crippen LogP contribution in [0.5, 0.6) is 0 Å². The number of ketones is 1. The fourth-order valence-electron chi connectivity index (χ4n) is 0.537. The van der Waals surface area contributed by atoms with Gasteiger partial charge in [-0.2, -0.15) is 0 Å². The quantitative estimate of drug-likeness (QED) is 0.485. The van der Waals surface area contributed by atoms with Gasteiger partial charge >= 0.3 is 5.97 Å². The van der Waals surface area contributed by atoms with Crippen molar-refractivity contribution in [1.82, 2.24) is 0 Å². The zero-order valence-electron chi connectivity index (χ0n) is 5.53. The molecule has 56 valence electrons. The van der Waals surface area contributed by atoms with Crippen LogP contribution >= 0.6 is 12.2 Å². The van der Waals surface area contributed by atoms with Gasteiger partial charge in [-0.25, -0.2) is 0 Å². The highest BCUT2D eigenvalue weighted by molar-refractivity contribution is 7.78. The van der Waals surface area contributed by atoms with Crippen LogP contribution in [0.4, 0.5) is 0 Å². The number of carbonyl (C=O) groups is 2. The highest BCUT2D eigenvalue weighted by Crippen LogP contribution is 2.02. The second-order valence-corrected chi connectivity index (χ2v) is 2.24. The third-order valence-corrected chi connectivity index (χ3v) is 1.31. The summed E-state index contributed by atoms with van der Waals surface area (Å²) in [6.45, 7) is 1.25. The molecule has 0 aliphatic rings. The van der Waals surface area contributed by atoms with Crippen LogP contribution in [-0.2, 0) is 9.59 Å². The molecule has 0 amide bonds. The molecule has 1 atom stereocenters. The number of Topliss-reactive ketones (excluding diaryl/α,β-unsaturated/α-hetero) is 1. The molecule has 4 heteroatoms. The van der Waals surface area contributed by atoms with E-state index in [2.05, 4.69) is 12.2 Å². The second-order valence-electron chi connectivity index (χ2n) is 1.90. The molecule has 0 saturated heterocycles. The van der Waals surface area contributed by atoms with Crippen LogP contribution in [-0.4, -0.2) is 22.2 Å². The normalized spacial score (nSPS) is 12.1. The van der Waals surface area contributed by atoms with E-state index in [0.717, 1.165) is 0 Å². The van der Waals surface area contributed by atoms with Crippen molar-refractivity contribution < 1.29 is 14.7 Å². The molecule has 0 heterocycles. The van der Waals surface area contributed by atoms with Crippen molar-refractivity contribution in [2.75, 3.05) is 0 Å². The lowest BCUT2D eigenvalue weighted by atomic mass is 10.0. The molecule has 0 aliphatic heterocycles. The predicted octanol–water partition coefficient (Wildman–Crippen LogP) is 0.666. The monoisotopic (exact) mass is 160 g/mol. The molecule has 3 nitrogen and oxygen atoms in total. The van der Waals surface area contributed by atoms with Gasteiger partial charge in [0.25, 0.3) is 0 Å². The molecule has 0 bridgehead atoms. The van der Waals surface area contributed by atoms with Gasteiger partial charge in [-0.1, -0.05) is 12.2 Å². The largest absolute Gasteiger partial charge is 0.481 e. The summed E-state index contributed by atoms with van der Waals surface area (Å²) in [5, 5.41) is 9.65. The molecule has 1 N–H and O–H groups in total. The Bertz CT molecular complexity index is 150. The molecule has 0 spiro atoms. The molecule has 0 rings (SSSR count). The number of aliphatic carboxylic acids is 1. The Balaban J connectivity index is 4.11. The molecule has 0 aromatic heterocycles. The van der Waals surface area contributed by atoms with E-state index >= 15 is 0 Å². The topological polar surface area (TPSA) is 54.4 Å². The van der Waals surface area contributed by atoms with Crippen molar-refractivity contribution in [3.8, 4) is 0 Å². The first-order chi connectivity index (χ1) is 4.59. The van der Waals surface area contributed by atoms with E-state index in [1.807, 2.05) is 0 Å². The van der Waals surface area contributed by atoms with Crippen LogP contribution in [0.1, 0.15) is 13.3 Å². The second kappa shape index (κ2) is 4.11. The van der Waals surface area contributed by atoms with Gasteiger partial charge in [0.15, 0.2) is 0 Å². The van der Waals surface area contributed by atoms with Gasteiger partial charge in [-0.15, -0.1) is 0 Å². The van der Waals surface area contributed by atoms with Crippen LogP contribution < -0.4 is 0 Å². The number of thiocarbonyl (C=S) groups is 1. The molecular formula is C6H8O3S. The minimum atomic E-state index is -1.10. The maximum absolute atomic E-state index is 10.5. The first kappa shape index (κ1) is 9.23. The molecular weight excluding hydrogens is 152 g/mol. The van der Waals surface area contributed by atoms with E-state index in [1.165, 1.54) is 12.3 Å². The minimum absolute atomic E-state index is 0.139. The number of carboxylic acid groups (broad SMARTS) is 1. The number of carboxylic acids is 1. The summed E-state index contributed by atoms with van der Waals surface area (Å²) in [5.41, 5.74) is 0. The predicted molar refractivity (Wildman–Crippen MR) is 40.1 cm³/mol. The van der Waals surface area contributed by atoms with E-state index in [9.17, 15) is 9.59 Å². The lowest BCUT2D eigenvalue weighted by Gasteiger charge is -2.02. The Labute approximate surface area is 64.0 Å². The Morgan fingerprint density at radius 2 is 2.20 bits per heavy atom. The van der Waals surface area contributed by atoms with Crippen LogP contribution in [0.3, 0.4) is 0 Å². The van der Waals surface area contributed by atoms with Gasteiger partial charge in [-0.05, 0) is 18.7 Å². The summed E-state index contributed by atoms with van der Waals surface area (Å²) in [6.07, 6.45) is 0.139. The van der Waals surface area contributed by atoms with Crippen molar-refractivity contribution >= 4 is 29.3 Å². The summed E-state index contributed by atoms with van der Waals surface area (Å²) < 4.78 is 0. The molecule has 0 saturated carbocycles. The van der Waals surface area contributed by atoms with Gasteiger partial charge in [0.2, 0.25) is 0 Å². The molecule has 0 aromatic rings. The van der Waals surface area contributed by atoms with Gasteiger partial charge in [-0.3, -0.25) is 9.59 Å². The maximum atomic E-state index is 10.5. The van der Waals surface area contributed by atoms with Crippen molar-refractivity contribution in [3.63, 3.8) is 0 Å². The highest BCUT2D eigenvalue weighted by Gasteiger charge is 2.20. The third kappa shape index (κ3) is 2.68. The highest BCUT2D eigenvalue weighted by atomic mass is 32.1. The Morgan fingerprint density at radius 1 is 1.70 bits per heavy atom. The molecule has 1 unspecified atom stereocenters. The Morgan fingerprint density at radius 3 is 2.30 bits per heavy atom. The van der Waals surface area contributed by atoms with E-state index < -0.39 is 11.9 Å². The molecule has 0 radical (unpaired) electrons. The first-order valence-corrected chi connectivity index (χ1v) is 3.23. The summed E-state index contributed by atoms with van der Waals surface area (Å²) in [7, 11) is 0. The zero-order valence-corrected chi connectivity index (χ0v) is 6.35. The van der Waals surface area contributed by atoms with Crippen LogP contribution in [0.15, 0.2) is 0 Å². The summed E-state index contributed by atoms with van der Waals surface area (Å²) in [6, 6.07) is 0. The lowest BCUT2D eigenvalue weighted by Crippen LogP contribution is -2.21. The summed E-state index contributed by atoms with van der Waals surface area (Å²) >= 11 is 4.43. The SMILES string of the molecule is CC(=O)C(CC=S)C(=O)O. The average Bonchev–Trinajstić information content (AvgIpc) is 1.81. The van der Waals surface area contributed by atoms with E-state index in [0.29, 0.717) is 0 Å². The zero-order chi connectivity index (χ0) is 8.15. The number of hydrogen-bond acceptors (Lipinski definition) is 3. The van der Waals surface area contributed by atoms with Crippen molar-refractivity contribution in [3.05, 3.63) is 0 Å².